The molecule has 0 unspecified atom stereocenters. The Balaban J connectivity index is 4.97. The summed E-state index contributed by atoms with van der Waals surface area (Å²) < 4.78 is 8.33. The molecule has 132 valence electrons. The van der Waals surface area contributed by atoms with E-state index in [1.807, 2.05) is 0 Å². The zero-order valence-electron chi connectivity index (χ0n) is 16.6. The Kier molecular flexibility index (Phi) is 14.1. The van der Waals surface area contributed by atoms with Gasteiger partial charge in [0.25, 0.3) is 0 Å². The normalized spacial score (nSPS) is 10.8. The second-order valence-corrected chi connectivity index (χ2v) is 19.6. The quantitative estimate of drug-likeness (QED) is 0.172. The monoisotopic (exact) mass is 424 g/mol. The predicted octanol–water partition coefficient (Wildman–Crippen LogP) is 7.68. The summed E-state index contributed by atoms with van der Waals surface area (Å²) in [6, 6.07) is 0. The van der Waals surface area contributed by atoms with Crippen LogP contribution in [-0.4, -0.2) is 18.4 Å². The van der Waals surface area contributed by atoms with Crippen molar-refractivity contribution < 1.29 is 0 Å². The molecule has 23 heavy (non-hydrogen) atoms. The van der Waals surface area contributed by atoms with Gasteiger partial charge in [0, 0.05) is 0 Å². The Bertz CT molecular complexity index is 380. The van der Waals surface area contributed by atoms with Crippen molar-refractivity contribution in [3.8, 4) is 9.86 Å². The van der Waals surface area contributed by atoms with Crippen molar-refractivity contribution in [2.75, 3.05) is 0 Å². The van der Waals surface area contributed by atoms with Crippen LogP contribution in [0.4, 0.5) is 0 Å². The molecule has 0 aliphatic rings. The molecule has 0 fully saturated rings. The van der Waals surface area contributed by atoms with E-state index >= 15 is 0 Å². The van der Waals surface area contributed by atoms with Crippen LogP contribution in [0.5, 0.6) is 0 Å². The van der Waals surface area contributed by atoms with Crippen LogP contribution in [0.2, 0.25) is 13.3 Å². The Morgan fingerprint density at radius 2 is 1.39 bits per heavy atom. The fourth-order valence-corrected chi connectivity index (χ4v) is 16.2. The second-order valence-electron chi connectivity index (χ2n) is 7.26. The molecule has 0 atom stereocenters. The van der Waals surface area contributed by atoms with E-state index in [0.717, 1.165) is 18.4 Å². The van der Waals surface area contributed by atoms with Crippen LogP contribution in [0.1, 0.15) is 86.0 Å². The van der Waals surface area contributed by atoms with Crippen LogP contribution in [-0.2, 0) is 0 Å². The summed E-state index contributed by atoms with van der Waals surface area (Å²) >= 11 is -2.27. The molecule has 0 spiro atoms. The van der Waals surface area contributed by atoms with Crippen molar-refractivity contribution in [2.24, 2.45) is 0 Å². The minimum absolute atomic E-state index is 1.04. The predicted molar refractivity (Wildman–Crippen MR) is 110 cm³/mol. The Labute approximate surface area is 151 Å². The molecule has 0 radical (unpaired) electrons. The first-order valence-electron chi connectivity index (χ1n) is 9.84. The van der Waals surface area contributed by atoms with Gasteiger partial charge in [0.15, 0.2) is 0 Å². The van der Waals surface area contributed by atoms with Gasteiger partial charge in [-0.25, -0.2) is 0 Å². The average Bonchev–Trinajstić information content (AvgIpc) is 2.53. The maximum atomic E-state index is 4.23. The molecule has 1 heteroatoms. The van der Waals surface area contributed by atoms with Gasteiger partial charge in [-0.3, -0.25) is 0 Å². The van der Waals surface area contributed by atoms with Gasteiger partial charge in [0.1, 0.15) is 0 Å². The van der Waals surface area contributed by atoms with E-state index in [9.17, 15) is 0 Å². The van der Waals surface area contributed by atoms with Crippen molar-refractivity contribution in [1.82, 2.24) is 0 Å². The van der Waals surface area contributed by atoms with Crippen LogP contribution >= 0.6 is 0 Å². The molecule has 0 amide bonds. The van der Waals surface area contributed by atoms with Crippen LogP contribution in [0.3, 0.4) is 0 Å². The van der Waals surface area contributed by atoms with Crippen molar-refractivity contribution in [2.45, 2.75) is 99.3 Å². The molecule has 0 aromatic rings. The van der Waals surface area contributed by atoms with Gasteiger partial charge in [-0.2, -0.15) is 0 Å². The summed E-state index contributed by atoms with van der Waals surface area (Å²) in [7, 11) is 0. The van der Waals surface area contributed by atoms with E-state index < -0.39 is 18.4 Å². The van der Waals surface area contributed by atoms with Crippen LogP contribution < -0.4 is 0 Å². The third-order valence-electron chi connectivity index (χ3n) is 4.53. The van der Waals surface area contributed by atoms with Gasteiger partial charge in [-0.05, 0) is 0 Å². The summed E-state index contributed by atoms with van der Waals surface area (Å²) in [5.41, 5.74) is 2.56. The number of hydrogen-bond donors (Lipinski definition) is 0. The first kappa shape index (κ1) is 22.8. The number of allylic oxidation sites excluding steroid dienone is 3. The second kappa shape index (κ2) is 14.2. The Morgan fingerprint density at radius 3 is 1.78 bits per heavy atom. The number of hydrogen-bond acceptors (Lipinski definition) is 0. The minimum atomic E-state index is -2.27. The van der Waals surface area contributed by atoms with E-state index in [1.165, 1.54) is 57.4 Å². The van der Waals surface area contributed by atoms with Gasteiger partial charge in [0.2, 0.25) is 0 Å². The molecule has 0 N–H and O–H groups in total. The third-order valence-corrected chi connectivity index (χ3v) is 17.6. The summed E-state index contributed by atoms with van der Waals surface area (Å²) in [6.45, 7) is 15.5. The van der Waals surface area contributed by atoms with Gasteiger partial charge in [-0.15, -0.1) is 0 Å². The van der Waals surface area contributed by atoms with Crippen molar-refractivity contribution in [1.29, 1.82) is 0 Å². The van der Waals surface area contributed by atoms with Gasteiger partial charge >= 0.3 is 151 Å². The van der Waals surface area contributed by atoms with Crippen molar-refractivity contribution in [3.05, 3.63) is 23.8 Å². The molecule has 0 aliphatic heterocycles. The molecule has 0 bridgehead atoms. The molecule has 0 saturated heterocycles. The molecular weight excluding hydrogens is 383 g/mol. The van der Waals surface area contributed by atoms with Crippen LogP contribution in [0.25, 0.3) is 0 Å². The van der Waals surface area contributed by atoms with Crippen LogP contribution in [0.15, 0.2) is 23.8 Å². The van der Waals surface area contributed by atoms with Gasteiger partial charge in [-0.1, -0.05) is 0 Å². The molecule has 0 heterocycles. The molecule has 0 aromatic carbocycles. The summed E-state index contributed by atoms with van der Waals surface area (Å²) in [5, 5.41) is 0. The molecular formula is C22H40Sn. The van der Waals surface area contributed by atoms with E-state index in [-0.39, 0.29) is 0 Å². The molecule has 0 rings (SSSR count). The van der Waals surface area contributed by atoms with Gasteiger partial charge < -0.3 is 0 Å². The Morgan fingerprint density at radius 1 is 0.913 bits per heavy atom. The van der Waals surface area contributed by atoms with E-state index in [2.05, 4.69) is 57.1 Å². The summed E-state index contributed by atoms with van der Waals surface area (Å²) in [6.07, 6.45) is 12.6. The summed E-state index contributed by atoms with van der Waals surface area (Å²) in [4.78, 5) is 0. The standard InChI is InChI=1S/C10H13.3C4H9.Sn/c1-5-10(4)8-6-7-9(2)3;3*1-3-4-2;/h7H,4,6,8H2,2-3H3;3*1,3-4H2,2H3;. The molecule has 0 aliphatic carbocycles. The zero-order chi connectivity index (χ0) is 17.6. The first-order valence-corrected chi connectivity index (χ1v) is 17.3. The van der Waals surface area contributed by atoms with E-state index in [1.54, 1.807) is 0 Å². The zero-order valence-corrected chi connectivity index (χ0v) is 19.4. The number of rotatable bonds is 12. The first-order chi connectivity index (χ1) is 11.0. The fourth-order valence-electron chi connectivity index (χ4n) is 2.93. The van der Waals surface area contributed by atoms with Crippen molar-refractivity contribution >= 4 is 18.4 Å². The molecule has 0 nitrogen and oxygen atoms in total. The van der Waals surface area contributed by atoms with Gasteiger partial charge in [0.05, 0.1) is 0 Å². The maximum absolute atomic E-state index is 4.23. The molecule has 0 aromatic heterocycles. The van der Waals surface area contributed by atoms with E-state index in [0.29, 0.717) is 0 Å². The number of unbranched alkanes of at least 4 members (excludes halogenated alkanes) is 3. The molecule has 0 saturated carbocycles. The van der Waals surface area contributed by atoms with Crippen LogP contribution in [0, 0.1) is 9.86 Å². The Hall–Kier alpha value is -0.161. The van der Waals surface area contributed by atoms with Crippen molar-refractivity contribution in [3.63, 3.8) is 0 Å². The SMILES string of the molecule is C=C(C#[C][Sn]([CH2]CCC)([CH2]CCC)[CH2]CCC)CCC=C(C)C. The van der Waals surface area contributed by atoms with E-state index in [4.69, 9.17) is 0 Å². The third kappa shape index (κ3) is 11.9. The fraction of sp³-hybridized carbons (Fsp3) is 0.727. The summed E-state index contributed by atoms with van der Waals surface area (Å²) in [5.74, 6) is 3.54. The average molecular weight is 423 g/mol. The topological polar surface area (TPSA) is 0 Å².